The van der Waals surface area contributed by atoms with E-state index in [0.717, 1.165) is 0 Å². The van der Waals surface area contributed by atoms with Crippen LogP contribution in [0.1, 0.15) is 17.7 Å². The molecule has 0 saturated heterocycles. The summed E-state index contributed by atoms with van der Waals surface area (Å²) in [5, 5.41) is 8.55. The van der Waals surface area contributed by atoms with Crippen molar-refractivity contribution in [1.29, 1.82) is 0 Å². The van der Waals surface area contributed by atoms with Gasteiger partial charge in [-0.2, -0.15) is 0 Å². The third kappa shape index (κ3) is 3.33. The third-order valence-electron chi connectivity index (χ3n) is 1.59. The van der Waals surface area contributed by atoms with Crippen LogP contribution in [0.3, 0.4) is 0 Å². The average molecular weight is 392 g/mol. The van der Waals surface area contributed by atoms with Gasteiger partial charge in [-0.1, -0.05) is 0 Å². The summed E-state index contributed by atoms with van der Waals surface area (Å²) in [5.74, 6) is -1.18. The zero-order valence-corrected chi connectivity index (χ0v) is 10.9. The minimum Gasteiger partial charge on any atom is -0.481 e. The Balaban J connectivity index is 3.26. The predicted molar refractivity (Wildman–Crippen MR) is 61.0 cm³/mol. The van der Waals surface area contributed by atoms with Crippen molar-refractivity contribution >= 4 is 44.5 Å². The molecule has 0 saturated carbocycles. The Labute approximate surface area is 106 Å². The molecule has 1 rings (SSSR count). The molecule has 15 heavy (non-hydrogen) atoms. The maximum Gasteiger partial charge on any atom is 0.309 e. The fourth-order valence-corrected chi connectivity index (χ4v) is 2.76. The number of pyridine rings is 1. The minimum atomic E-state index is -2.72. The number of aromatic nitrogens is 1. The molecule has 0 aliphatic rings. The molecular weight excluding hydrogens is 387 g/mol. The van der Waals surface area contributed by atoms with Crippen LogP contribution in [-0.2, 0) is 11.2 Å². The number of carboxylic acids is 1. The van der Waals surface area contributed by atoms with Crippen LogP contribution in [0.4, 0.5) is 8.78 Å². The average Bonchev–Trinajstić information content (AvgIpc) is 1.99. The highest BCUT2D eigenvalue weighted by molar-refractivity contribution is 14.1. The second kappa shape index (κ2) is 5.15. The van der Waals surface area contributed by atoms with Gasteiger partial charge in [0.2, 0.25) is 0 Å². The van der Waals surface area contributed by atoms with Gasteiger partial charge in [0.15, 0.2) is 0 Å². The zero-order chi connectivity index (χ0) is 11.6. The van der Waals surface area contributed by atoms with Crippen LogP contribution in [-0.4, -0.2) is 16.1 Å². The Kier molecular flexibility index (Phi) is 4.38. The van der Waals surface area contributed by atoms with Crippen LogP contribution >= 0.6 is 38.5 Å². The molecule has 1 aromatic heterocycles. The number of nitrogens with zero attached hydrogens (tertiary/aromatic N) is 1. The number of aliphatic carboxylic acids is 1. The van der Waals surface area contributed by atoms with E-state index in [2.05, 4.69) is 20.9 Å². The van der Waals surface area contributed by atoms with Crippen molar-refractivity contribution in [3.63, 3.8) is 0 Å². The normalized spacial score (nSPS) is 10.7. The quantitative estimate of drug-likeness (QED) is 0.636. The first kappa shape index (κ1) is 12.8. The van der Waals surface area contributed by atoms with E-state index in [1.165, 1.54) is 6.07 Å². The summed E-state index contributed by atoms with van der Waals surface area (Å²) in [6.07, 6.45) is -3.22. The Morgan fingerprint density at radius 3 is 2.73 bits per heavy atom. The number of hydrogen-bond acceptors (Lipinski definition) is 2. The van der Waals surface area contributed by atoms with E-state index >= 15 is 0 Å². The highest BCUT2D eigenvalue weighted by Gasteiger charge is 2.20. The van der Waals surface area contributed by atoms with E-state index in [9.17, 15) is 13.6 Å². The molecular formula is C8H5BrF2INO2. The zero-order valence-electron chi connectivity index (χ0n) is 7.18. The Morgan fingerprint density at radius 1 is 1.67 bits per heavy atom. The molecule has 0 spiro atoms. The van der Waals surface area contributed by atoms with Gasteiger partial charge in [-0.05, 0) is 44.6 Å². The van der Waals surface area contributed by atoms with Crippen LogP contribution in [0.2, 0.25) is 0 Å². The Morgan fingerprint density at radius 2 is 2.27 bits per heavy atom. The van der Waals surface area contributed by atoms with Crippen LogP contribution in [0.15, 0.2) is 10.7 Å². The van der Waals surface area contributed by atoms with Crippen molar-refractivity contribution in [2.75, 3.05) is 0 Å². The minimum absolute atomic E-state index is 0.101. The fourth-order valence-electron chi connectivity index (χ4n) is 1.05. The van der Waals surface area contributed by atoms with Gasteiger partial charge in [-0.3, -0.25) is 4.79 Å². The van der Waals surface area contributed by atoms with E-state index in [0.29, 0.717) is 8.17 Å². The van der Waals surface area contributed by atoms with E-state index < -0.39 is 18.8 Å². The summed E-state index contributed by atoms with van der Waals surface area (Å²) >= 11 is 4.76. The maximum atomic E-state index is 12.6. The smallest absolute Gasteiger partial charge is 0.309 e. The molecule has 0 bridgehead atoms. The Hall–Kier alpha value is -0.310. The van der Waals surface area contributed by atoms with Gasteiger partial charge >= 0.3 is 5.97 Å². The van der Waals surface area contributed by atoms with Crippen molar-refractivity contribution in [1.82, 2.24) is 4.98 Å². The largest absolute Gasteiger partial charge is 0.481 e. The maximum absolute atomic E-state index is 12.6. The summed E-state index contributed by atoms with van der Waals surface area (Å²) in [4.78, 5) is 14.2. The van der Waals surface area contributed by atoms with Gasteiger partial charge < -0.3 is 5.11 Å². The first-order valence-electron chi connectivity index (χ1n) is 3.76. The van der Waals surface area contributed by atoms with Gasteiger partial charge in [0.25, 0.3) is 6.43 Å². The summed E-state index contributed by atoms with van der Waals surface area (Å²) in [7, 11) is 0. The number of carboxylic acid groups (broad SMARTS) is 1. The van der Waals surface area contributed by atoms with Crippen LogP contribution in [0.5, 0.6) is 0 Å². The second-order valence-electron chi connectivity index (χ2n) is 2.66. The number of rotatable bonds is 3. The molecule has 1 heterocycles. The molecule has 82 valence electrons. The summed E-state index contributed by atoms with van der Waals surface area (Å²) < 4.78 is 25.9. The molecule has 3 nitrogen and oxygen atoms in total. The van der Waals surface area contributed by atoms with Crippen molar-refractivity contribution in [3.8, 4) is 0 Å². The van der Waals surface area contributed by atoms with Crippen LogP contribution in [0, 0.1) is 3.57 Å². The lowest BCUT2D eigenvalue weighted by molar-refractivity contribution is -0.136. The standard InChI is InChI=1S/C8H5BrF2INO2/c9-5-1-3(12)7(8(10)11)4(13-5)2-6(14)15/h1,8H,2H2,(H,14,15). The monoisotopic (exact) mass is 391 g/mol. The molecule has 1 aromatic rings. The molecule has 1 N–H and O–H groups in total. The number of alkyl halides is 2. The highest BCUT2D eigenvalue weighted by Crippen LogP contribution is 2.29. The molecule has 0 unspecified atom stereocenters. The van der Waals surface area contributed by atoms with E-state index in [1.807, 2.05) is 0 Å². The van der Waals surface area contributed by atoms with Gasteiger partial charge in [0, 0.05) is 3.57 Å². The number of carbonyl (C=O) groups is 1. The molecule has 0 fully saturated rings. The number of halogens is 4. The first-order chi connectivity index (χ1) is 6.91. The molecule has 7 heteroatoms. The third-order valence-corrected chi connectivity index (χ3v) is 2.89. The summed E-state index contributed by atoms with van der Waals surface area (Å²) in [5.41, 5.74) is -0.405. The van der Waals surface area contributed by atoms with E-state index in [1.54, 1.807) is 22.6 Å². The molecule has 0 radical (unpaired) electrons. The van der Waals surface area contributed by atoms with Crippen molar-refractivity contribution in [2.24, 2.45) is 0 Å². The highest BCUT2D eigenvalue weighted by atomic mass is 127. The molecule has 0 aromatic carbocycles. The van der Waals surface area contributed by atoms with E-state index in [-0.39, 0.29) is 11.3 Å². The van der Waals surface area contributed by atoms with Crippen molar-refractivity contribution in [3.05, 3.63) is 25.5 Å². The van der Waals surface area contributed by atoms with Crippen molar-refractivity contribution in [2.45, 2.75) is 12.8 Å². The predicted octanol–water partition coefficient (Wildman–Crippen LogP) is 3.01. The Bertz CT molecular complexity index is 400. The number of hydrogen-bond donors (Lipinski definition) is 1. The van der Waals surface area contributed by atoms with Crippen LogP contribution in [0.25, 0.3) is 0 Å². The first-order valence-corrected chi connectivity index (χ1v) is 5.63. The lowest BCUT2D eigenvalue weighted by atomic mass is 10.1. The lowest BCUT2D eigenvalue weighted by Crippen LogP contribution is -2.08. The van der Waals surface area contributed by atoms with Gasteiger partial charge in [-0.15, -0.1) is 0 Å². The van der Waals surface area contributed by atoms with Crippen molar-refractivity contribution < 1.29 is 18.7 Å². The molecule has 0 aliphatic carbocycles. The summed E-state index contributed by atoms with van der Waals surface area (Å²) in [6.45, 7) is 0. The molecule has 0 atom stereocenters. The summed E-state index contributed by atoms with van der Waals surface area (Å²) in [6, 6.07) is 1.42. The SMILES string of the molecule is O=C(O)Cc1nc(Br)cc(I)c1C(F)F. The van der Waals surface area contributed by atoms with Gasteiger partial charge in [0.05, 0.1) is 17.7 Å². The fraction of sp³-hybridized carbons (Fsp3) is 0.250. The second-order valence-corrected chi connectivity index (χ2v) is 4.63. The topological polar surface area (TPSA) is 50.2 Å². The van der Waals surface area contributed by atoms with Crippen LogP contribution < -0.4 is 0 Å². The van der Waals surface area contributed by atoms with Gasteiger partial charge in [-0.25, -0.2) is 13.8 Å². The lowest BCUT2D eigenvalue weighted by Gasteiger charge is -2.09. The molecule has 0 amide bonds. The van der Waals surface area contributed by atoms with E-state index in [4.69, 9.17) is 5.11 Å². The molecule has 0 aliphatic heterocycles. The van der Waals surface area contributed by atoms with Gasteiger partial charge in [0.1, 0.15) is 4.60 Å².